The van der Waals surface area contributed by atoms with Crippen molar-refractivity contribution in [2.45, 2.75) is 0 Å². The second-order valence-corrected chi connectivity index (χ2v) is 5.07. The second-order valence-electron chi connectivity index (χ2n) is 4.67. The molecule has 0 bridgehead atoms. The number of nitrogens with one attached hydrogen (secondary N) is 1. The number of rotatable bonds is 5. The highest BCUT2D eigenvalue weighted by atomic mass is 35.5. The van der Waals surface area contributed by atoms with Crippen molar-refractivity contribution in [3.8, 4) is 0 Å². The Balaban J connectivity index is 2.63. The zero-order valence-corrected chi connectivity index (χ0v) is 13.0. The van der Waals surface area contributed by atoms with E-state index in [1.165, 1.54) is 18.2 Å². The average Bonchev–Trinajstić information content (AvgIpc) is 2.58. The topological polar surface area (TPSA) is 131 Å². The van der Waals surface area contributed by atoms with Gasteiger partial charge in [-0.1, -0.05) is 35.0 Å². The summed E-state index contributed by atoms with van der Waals surface area (Å²) in [6, 6.07) is 10.3. The number of oxime groups is 1. The first-order valence-electron chi connectivity index (χ1n) is 6.73. The predicted octanol–water partition coefficient (Wildman–Crippen LogP) is 2.37. The molecule has 2 aromatic rings. The number of nitro groups is 1. The van der Waals surface area contributed by atoms with Crippen molar-refractivity contribution < 1.29 is 14.9 Å². The zero-order chi connectivity index (χ0) is 17.7. The van der Waals surface area contributed by atoms with Crippen LogP contribution in [0.5, 0.6) is 0 Å². The molecule has 124 valence electrons. The number of carbonyl (C=O) groups is 1. The van der Waals surface area contributed by atoms with Gasteiger partial charge in [0.2, 0.25) is 5.91 Å². The molecule has 0 unspecified atom stereocenters. The van der Waals surface area contributed by atoms with Gasteiger partial charge >= 0.3 is 0 Å². The minimum absolute atomic E-state index is 0.0170. The van der Waals surface area contributed by atoms with Crippen LogP contribution >= 0.6 is 11.6 Å². The number of benzene rings is 2. The van der Waals surface area contributed by atoms with Crippen LogP contribution in [0.2, 0.25) is 5.02 Å². The van der Waals surface area contributed by atoms with E-state index in [4.69, 9.17) is 17.3 Å². The van der Waals surface area contributed by atoms with Crippen LogP contribution in [-0.2, 0) is 4.79 Å². The number of nitrogens with zero attached hydrogens (tertiary/aromatic N) is 2. The summed E-state index contributed by atoms with van der Waals surface area (Å²) in [5.41, 5.74) is 5.73. The highest BCUT2D eigenvalue weighted by molar-refractivity contribution is 6.35. The maximum atomic E-state index is 11.6. The quantitative estimate of drug-likeness (QED) is 0.330. The largest absolute Gasteiger partial charge is 0.410 e. The van der Waals surface area contributed by atoms with Crippen LogP contribution in [0.15, 0.2) is 47.6 Å². The number of anilines is 1. The first-order chi connectivity index (χ1) is 11.5. The van der Waals surface area contributed by atoms with E-state index in [2.05, 4.69) is 10.5 Å². The number of nitrogens with two attached hydrogens (primary N) is 1. The summed E-state index contributed by atoms with van der Waals surface area (Å²) in [6.45, 7) is -0.270. The van der Waals surface area contributed by atoms with E-state index in [1.807, 2.05) is 0 Å². The van der Waals surface area contributed by atoms with E-state index >= 15 is 0 Å². The van der Waals surface area contributed by atoms with Crippen molar-refractivity contribution in [1.29, 1.82) is 0 Å². The lowest BCUT2D eigenvalue weighted by Gasteiger charge is -2.13. The average molecular weight is 349 g/mol. The SMILES string of the molecule is NCC(=O)Nc1ccc([N+](=O)[O-])cc1C(=NO)c1ccccc1Cl. The molecule has 0 fully saturated rings. The van der Waals surface area contributed by atoms with Gasteiger partial charge in [0.15, 0.2) is 0 Å². The van der Waals surface area contributed by atoms with Gasteiger partial charge in [-0.25, -0.2) is 0 Å². The maximum Gasteiger partial charge on any atom is 0.270 e. The second kappa shape index (κ2) is 7.53. The highest BCUT2D eigenvalue weighted by Gasteiger charge is 2.20. The third kappa shape index (κ3) is 3.67. The van der Waals surface area contributed by atoms with Gasteiger partial charge < -0.3 is 16.3 Å². The summed E-state index contributed by atoms with van der Waals surface area (Å²) in [7, 11) is 0. The van der Waals surface area contributed by atoms with Crippen LogP contribution in [0.4, 0.5) is 11.4 Å². The van der Waals surface area contributed by atoms with E-state index in [9.17, 15) is 20.1 Å². The molecule has 9 heteroatoms. The molecule has 0 saturated carbocycles. The van der Waals surface area contributed by atoms with E-state index in [0.29, 0.717) is 5.56 Å². The number of hydrogen-bond donors (Lipinski definition) is 3. The fourth-order valence-electron chi connectivity index (χ4n) is 2.06. The molecule has 8 nitrogen and oxygen atoms in total. The van der Waals surface area contributed by atoms with Gasteiger partial charge in [-0.15, -0.1) is 0 Å². The summed E-state index contributed by atoms with van der Waals surface area (Å²) in [6.07, 6.45) is 0. The monoisotopic (exact) mass is 348 g/mol. The van der Waals surface area contributed by atoms with E-state index in [-0.39, 0.29) is 34.2 Å². The van der Waals surface area contributed by atoms with Gasteiger partial charge in [0.25, 0.3) is 5.69 Å². The Kier molecular flexibility index (Phi) is 5.46. The van der Waals surface area contributed by atoms with E-state index in [0.717, 1.165) is 0 Å². The van der Waals surface area contributed by atoms with Crippen molar-refractivity contribution >= 4 is 34.6 Å². The molecule has 4 N–H and O–H groups in total. The number of nitro benzene ring substituents is 1. The molecule has 2 aromatic carbocycles. The van der Waals surface area contributed by atoms with Gasteiger partial charge in [0.1, 0.15) is 5.71 Å². The first kappa shape index (κ1) is 17.4. The molecule has 2 rings (SSSR count). The summed E-state index contributed by atoms with van der Waals surface area (Å²) >= 11 is 6.10. The Morgan fingerprint density at radius 2 is 2.00 bits per heavy atom. The maximum absolute atomic E-state index is 11.6. The standard InChI is InChI=1S/C15H13ClN4O4/c16-12-4-2-1-3-10(12)15(19-22)11-7-9(20(23)24)5-6-13(11)18-14(21)8-17/h1-7,22H,8,17H2,(H,18,21). The van der Waals surface area contributed by atoms with Crippen LogP contribution in [0.3, 0.4) is 0 Å². The summed E-state index contributed by atoms with van der Waals surface area (Å²) in [5.74, 6) is -0.499. The molecule has 0 atom stereocenters. The fourth-order valence-corrected chi connectivity index (χ4v) is 2.28. The highest BCUT2D eigenvalue weighted by Crippen LogP contribution is 2.28. The number of non-ortho nitro benzene ring substituents is 1. The third-order valence-corrected chi connectivity index (χ3v) is 3.49. The van der Waals surface area contributed by atoms with Crippen LogP contribution in [-0.4, -0.2) is 28.3 Å². The Morgan fingerprint density at radius 1 is 1.29 bits per heavy atom. The lowest BCUT2D eigenvalue weighted by Crippen LogP contribution is -2.23. The number of halogens is 1. The van der Waals surface area contributed by atoms with Gasteiger partial charge in [-0.3, -0.25) is 14.9 Å². The van der Waals surface area contributed by atoms with Crippen LogP contribution < -0.4 is 11.1 Å². The van der Waals surface area contributed by atoms with Crippen LogP contribution in [0.1, 0.15) is 11.1 Å². The minimum Gasteiger partial charge on any atom is -0.410 e. The minimum atomic E-state index is -0.598. The van der Waals surface area contributed by atoms with Crippen molar-refractivity contribution in [3.63, 3.8) is 0 Å². The Bertz CT molecular complexity index is 823. The molecule has 0 aliphatic carbocycles. The van der Waals surface area contributed by atoms with Gasteiger partial charge in [-0.05, 0) is 12.1 Å². The summed E-state index contributed by atoms with van der Waals surface area (Å²) in [4.78, 5) is 22.0. The summed E-state index contributed by atoms with van der Waals surface area (Å²) < 4.78 is 0. The van der Waals surface area contributed by atoms with Crippen LogP contribution in [0.25, 0.3) is 0 Å². The molecule has 0 aliphatic rings. The van der Waals surface area contributed by atoms with Crippen LogP contribution in [0, 0.1) is 10.1 Å². The molecule has 0 radical (unpaired) electrons. The van der Waals surface area contributed by atoms with E-state index < -0.39 is 10.8 Å². The summed E-state index contributed by atoms with van der Waals surface area (Å²) in [5, 5.41) is 26.5. The van der Waals surface area contributed by atoms with E-state index in [1.54, 1.807) is 24.3 Å². The van der Waals surface area contributed by atoms with Crippen molar-refractivity contribution in [2.75, 3.05) is 11.9 Å². The molecule has 1 amide bonds. The lowest BCUT2D eigenvalue weighted by molar-refractivity contribution is -0.384. The molecule has 24 heavy (non-hydrogen) atoms. The zero-order valence-electron chi connectivity index (χ0n) is 12.3. The predicted molar refractivity (Wildman–Crippen MR) is 89.7 cm³/mol. The molecular formula is C15H13ClN4O4. The van der Waals surface area contributed by atoms with Gasteiger partial charge in [0.05, 0.1) is 22.2 Å². The van der Waals surface area contributed by atoms with Crippen molar-refractivity contribution in [1.82, 2.24) is 0 Å². The molecule has 0 saturated heterocycles. The lowest BCUT2D eigenvalue weighted by atomic mass is 10.00. The molecule has 0 aliphatic heterocycles. The third-order valence-electron chi connectivity index (χ3n) is 3.16. The van der Waals surface area contributed by atoms with Gasteiger partial charge in [-0.2, -0.15) is 0 Å². The fraction of sp³-hybridized carbons (Fsp3) is 0.0667. The number of hydrogen-bond acceptors (Lipinski definition) is 6. The number of carbonyl (C=O) groups excluding carboxylic acids is 1. The number of amides is 1. The molecule has 0 aromatic heterocycles. The Hall–Kier alpha value is -2.97. The van der Waals surface area contributed by atoms with Crippen molar-refractivity contribution in [2.24, 2.45) is 10.9 Å². The Morgan fingerprint density at radius 3 is 2.58 bits per heavy atom. The molecule has 0 spiro atoms. The first-order valence-corrected chi connectivity index (χ1v) is 7.11. The van der Waals surface area contributed by atoms with Gasteiger partial charge in [0, 0.05) is 23.3 Å². The Labute approximate surface area is 141 Å². The molecular weight excluding hydrogens is 336 g/mol. The smallest absolute Gasteiger partial charge is 0.270 e. The normalized spacial score (nSPS) is 11.2. The molecule has 0 heterocycles. The van der Waals surface area contributed by atoms with Crippen molar-refractivity contribution in [3.05, 3.63) is 68.7 Å².